The van der Waals surface area contributed by atoms with Gasteiger partial charge < -0.3 is 20.5 Å². The van der Waals surface area contributed by atoms with E-state index in [4.69, 9.17) is 15.6 Å². The molecule has 0 radical (unpaired) electrons. The Kier molecular flexibility index (Phi) is 5.73. The van der Waals surface area contributed by atoms with E-state index >= 15 is 0 Å². The second-order valence-corrected chi connectivity index (χ2v) is 4.27. The lowest BCUT2D eigenvalue weighted by Gasteiger charge is -2.32. The quantitative estimate of drug-likeness (QED) is 0.681. The Morgan fingerprint density at radius 2 is 2.44 bits per heavy atom. The summed E-state index contributed by atoms with van der Waals surface area (Å²) in [4.78, 5) is 13.6. The lowest BCUT2D eigenvalue weighted by atomic mass is 10.1. The number of amides is 1. The lowest BCUT2D eigenvalue weighted by Crippen LogP contribution is -2.48. The molecular weight excluding hydrogens is 208 g/mol. The number of aliphatic hydroxyl groups is 1. The number of carbonyl (C=O) groups is 1. The Morgan fingerprint density at radius 1 is 1.69 bits per heavy atom. The minimum Gasteiger partial charge on any atom is -0.394 e. The van der Waals surface area contributed by atoms with Crippen LogP contribution in [-0.4, -0.2) is 54.4 Å². The van der Waals surface area contributed by atoms with Gasteiger partial charge in [0.2, 0.25) is 5.91 Å². The number of nitrogens with zero attached hydrogens (tertiary/aromatic N) is 1. The molecule has 0 spiro atoms. The van der Waals surface area contributed by atoms with Crippen LogP contribution in [0.4, 0.5) is 0 Å². The van der Waals surface area contributed by atoms with E-state index in [1.807, 2.05) is 0 Å². The average Bonchev–Trinajstić information content (AvgIpc) is 2.29. The minimum absolute atomic E-state index is 0.0369. The zero-order chi connectivity index (χ0) is 12.0. The fourth-order valence-electron chi connectivity index (χ4n) is 1.88. The van der Waals surface area contributed by atoms with Crippen LogP contribution in [0.5, 0.6) is 0 Å². The van der Waals surface area contributed by atoms with Gasteiger partial charge in [-0.3, -0.25) is 4.79 Å². The predicted octanol–water partition coefficient (Wildman–Crippen LogP) is -0.276. The van der Waals surface area contributed by atoms with E-state index < -0.39 is 0 Å². The van der Waals surface area contributed by atoms with E-state index in [1.54, 1.807) is 4.90 Å². The number of hydrogen-bond donors (Lipinski definition) is 2. The van der Waals surface area contributed by atoms with E-state index in [0.29, 0.717) is 26.1 Å². The second-order valence-electron chi connectivity index (χ2n) is 4.27. The monoisotopic (exact) mass is 230 g/mol. The van der Waals surface area contributed by atoms with Crippen molar-refractivity contribution in [2.45, 2.75) is 38.3 Å². The van der Waals surface area contributed by atoms with Gasteiger partial charge in [0.25, 0.3) is 0 Å². The highest BCUT2D eigenvalue weighted by molar-refractivity contribution is 5.76. The largest absolute Gasteiger partial charge is 0.394 e. The van der Waals surface area contributed by atoms with Gasteiger partial charge in [0.1, 0.15) is 0 Å². The molecule has 1 amide bonds. The van der Waals surface area contributed by atoms with E-state index in [-0.39, 0.29) is 24.7 Å². The molecule has 1 saturated heterocycles. The Hall–Kier alpha value is -0.650. The Bertz CT molecular complexity index is 223. The maximum atomic E-state index is 11.9. The van der Waals surface area contributed by atoms with Gasteiger partial charge in [-0.15, -0.1) is 0 Å². The van der Waals surface area contributed by atoms with E-state index in [0.717, 1.165) is 12.8 Å². The van der Waals surface area contributed by atoms with Gasteiger partial charge in [0.05, 0.1) is 19.3 Å². The van der Waals surface area contributed by atoms with Crippen molar-refractivity contribution in [3.05, 3.63) is 0 Å². The molecule has 0 aliphatic carbocycles. The summed E-state index contributed by atoms with van der Waals surface area (Å²) in [6.07, 6.45) is 2.03. The molecule has 0 aromatic heterocycles. The predicted molar refractivity (Wildman–Crippen MR) is 60.9 cm³/mol. The number of morpholine rings is 1. The number of nitrogens with two attached hydrogens (primary N) is 1. The van der Waals surface area contributed by atoms with Crippen molar-refractivity contribution >= 4 is 5.91 Å². The van der Waals surface area contributed by atoms with Gasteiger partial charge >= 0.3 is 0 Å². The topological polar surface area (TPSA) is 75.8 Å². The van der Waals surface area contributed by atoms with E-state index in [9.17, 15) is 4.79 Å². The summed E-state index contributed by atoms with van der Waals surface area (Å²) in [5.74, 6) is 0.0719. The molecule has 3 N–H and O–H groups in total. The molecule has 0 saturated carbocycles. The normalized spacial score (nSPS) is 23.2. The summed E-state index contributed by atoms with van der Waals surface area (Å²) < 4.78 is 5.28. The second kappa shape index (κ2) is 6.83. The van der Waals surface area contributed by atoms with Crippen molar-refractivity contribution in [2.75, 3.05) is 26.3 Å². The van der Waals surface area contributed by atoms with Gasteiger partial charge in [0, 0.05) is 25.6 Å². The summed E-state index contributed by atoms with van der Waals surface area (Å²) >= 11 is 0. The van der Waals surface area contributed by atoms with Crippen molar-refractivity contribution in [3.8, 4) is 0 Å². The first-order chi connectivity index (χ1) is 7.67. The molecule has 1 rings (SSSR count). The SMILES string of the molecule is CCCC(N)CC(=O)N1CCOC(CO)C1. The van der Waals surface area contributed by atoms with Crippen molar-refractivity contribution in [3.63, 3.8) is 0 Å². The zero-order valence-corrected chi connectivity index (χ0v) is 9.89. The summed E-state index contributed by atoms with van der Waals surface area (Å²) in [5.41, 5.74) is 5.83. The molecule has 0 bridgehead atoms. The number of aliphatic hydroxyl groups excluding tert-OH is 1. The molecule has 0 aromatic rings. The van der Waals surface area contributed by atoms with Crippen LogP contribution >= 0.6 is 0 Å². The van der Waals surface area contributed by atoms with Gasteiger partial charge in [-0.05, 0) is 6.42 Å². The number of carbonyl (C=O) groups excluding carboxylic acids is 1. The number of hydrogen-bond acceptors (Lipinski definition) is 4. The third kappa shape index (κ3) is 4.08. The van der Waals surface area contributed by atoms with Gasteiger partial charge in [-0.25, -0.2) is 0 Å². The Morgan fingerprint density at radius 3 is 3.06 bits per heavy atom. The summed E-state index contributed by atoms with van der Waals surface area (Å²) in [6, 6.07) is -0.0482. The highest BCUT2D eigenvalue weighted by Crippen LogP contribution is 2.08. The molecule has 2 unspecified atom stereocenters. The van der Waals surface area contributed by atoms with Gasteiger partial charge in [0.15, 0.2) is 0 Å². The molecule has 16 heavy (non-hydrogen) atoms. The molecule has 5 heteroatoms. The third-order valence-corrected chi connectivity index (χ3v) is 2.79. The van der Waals surface area contributed by atoms with E-state index in [1.165, 1.54) is 0 Å². The zero-order valence-electron chi connectivity index (χ0n) is 9.89. The molecule has 1 aliphatic rings. The summed E-state index contributed by atoms with van der Waals surface area (Å²) in [5, 5.41) is 8.97. The van der Waals surface area contributed by atoms with Crippen LogP contribution < -0.4 is 5.73 Å². The number of ether oxygens (including phenoxy) is 1. The van der Waals surface area contributed by atoms with Crippen LogP contribution in [0, 0.1) is 0 Å². The van der Waals surface area contributed by atoms with Crippen LogP contribution in [-0.2, 0) is 9.53 Å². The Balaban J connectivity index is 2.35. The first-order valence-electron chi connectivity index (χ1n) is 5.93. The van der Waals surface area contributed by atoms with Gasteiger partial charge in [-0.2, -0.15) is 0 Å². The van der Waals surface area contributed by atoms with Crippen molar-refractivity contribution in [2.24, 2.45) is 5.73 Å². The highest BCUT2D eigenvalue weighted by Gasteiger charge is 2.24. The first-order valence-corrected chi connectivity index (χ1v) is 5.93. The maximum absolute atomic E-state index is 11.9. The van der Waals surface area contributed by atoms with Crippen LogP contribution in [0.15, 0.2) is 0 Å². The molecule has 0 aromatic carbocycles. The molecule has 1 fully saturated rings. The van der Waals surface area contributed by atoms with Gasteiger partial charge in [-0.1, -0.05) is 13.3 Å². The summed E-state index contributed by atoms with van der Waals surface area (Å²) in [6.45, 7) is 3.61. The highest BCUT2D eigenvalue weighted by atomic mass is 16.5. The molecule has 2 atom stereocenters. The number of rotatable bonds is 5. The Labute approximate surface area is 96.6 Å². The molecule has 1 heterocycles. The van der Waals surface area contributed by atoms with Crippen molar-refractivity contribution in [1.82, 2.24) is 4.90 Å². The smallest absolute Gasteiger partial charge is 0.224 e. The molecular formula is C11H22N2O3. The fourth-order valence-corrected chi connectivity index (χ4v) is 1.88. The van der Waals surface area contributed by atoms with Crippen LogP contribution in [0.3, 0.4) is 0 Å². The van der Waals surface area contributed by atoms with Crippen molar-refractivity contribution in [1.29, 1.82) is 0 Å². The lowest BCUT2D eigenvalue weighted by molar-refractivity contribution is -0.140. The van der Waals surface area contributed by atoms with Crippen LogP contribution in [0.1, 0.15) is 26.2 Å². The standard InChI is InChI=1S/C11H22N2O3/c1-2-3-9(12)6-11(15)13-4-5-16-10(7-13)8-14/h9-10,14H,2-8,12H2,1H3. The fraction of sp³-hybridized carbons (Fsp3) is 0.909. The van der Waals surface area contributed by atoms with Crippen LogP contribution in [0.2, 0.25) is 0 Å². The summed E-state index contributed by atoms with van der Waals surface area (Å²) in [7, 11) is 0. The maximum Gasteiger partial charge on any atom is 0.224 e. The minimum atomic E-state index is -0.236. The third-order valence-electron chi connectivity index (χ3n) is 2.79. The molecule has 1 aliphatic heterocycles. The first kappa shape index (κ1) is 13.4. The molecule has 94 valence electrons. The van der Waals surface area contributed by atoms with E-state index in [2.05, 4.69) is 6.92 Å². The van der Waals surface area contributed by atoms with Crippen LogP contribution in [0.25, 0.3) is 0 Å². The average molecular weight is 230 g/mol. The molecule has 5 nitrogen and oxygen atoms in total. The van der Waals surface area contributed by atoms with Crippen molar-refractivity contribution < 1.29 is 14.6 Å².